The van der Waals surface area contributed by atoms with Crippen molar-refractivity contribution in [2.24, 2.45) is 0 Å². The van der Waals surface area contributed by atoms with E-state index in [-0.39, 0.29) is 11.3 Å². The highest BCUT2D eigenvalue weighted by Crippen LogP contribution is 2.40. The number of carbonyl (C=O) groups is 3. The van der Waals surface area contributed by atoms with E-state index >= 15 is 0 Å². The van der Waals surface area contributed by atoms with E-state index in [0.29, 0.717) is 29.8 Å². The van der Waals surface area contributed by atoms with Gasteiger partial charge < -0.3 is 19.6 Å². The molecule has 1 amide bonds. The summed E-state index contributed by atoms with van der Waals surface area (Å²) >= 11 is 0. The van der Waals surface area contributed by atoms with Crippen LogP contribution in [0.15, 0.2) is 48.0 Å². The maximum atomic E-state index is 13.2. The van der Waals surface area contributed by atoms with Gasteiger partial charge in [-0.3, -0.25) is 9.59 Å². The number of aryl methyl sites for hydroxylation is 2. The van der Waals surface area contributed by atoms with Crippen molar-refractivity contribution < 1.29 is 24.2 Å². The van der Waals surface area contributed by atoms with Gasteiger partial charge in [0.2, 0.25) is 0 Å². The van der Waals surface area contributed by atoms with Crippen LogP contribution < -0.4 is 0 Å². The molecule has 0 aromatic heterocycles. The molecule has 0 bridgehead atoms. The van der Waals surface area contributed by atoms with E-state index in [1.54, 1.807) is 24.3 Å². The zero-order valence-corrected chi connectivity index (χ0v) is 20.4. The fraction of sp³-hybridized carbons (Fsp3) is 0.370. The van der Waals surface area contributed by atoms with Gasteiger partial charge in [-0.25, -0.2) is 4.79 Å². The van der Waals surface area contributed by atoms with E-state index in [1.165, 1.54) is 12.0 Å². The summed E-state index contributed by atoms with van der Waals surface area (Å²) in [5.41, 5.74) is 3.32. The third-order valence-corrected chi connectivity index (χ3v) is 6.39. The molecule has 0 aliphatic carbocycles. The van der Waals surface area contributed by atoms with Gasteiger partial charge in [0.05, 0.1) is 24.3 Å². The number of nitrogens with zero attached hydrogens (tertiary/aromatic N) is 2. The first kappa shape index (κ1) is 25.2. The molecule has 180 valence electrons. The molecular weight excluding hydrogens is 432 g/mol. The van der Waals surface area contributed by atoms with Crippen LogP contribution in [0.1, 0.15) is 52.5 Å². The lowest BCUT2D eigenvalue weighted by atomic mass is 9.93. The number of carbonyl (C=O) groups excluding carboxylic acids is 3. The molecule has 1 unspecified atom stereocenters. The van der Waals surface area contributed by atoms with E-state index in [1.807, 2.05) is 45.9 Å². The second-order valence-corrected chi connectivity index (χ2v) is 8.45. The van der Waals surface area contributed by atoms with Gasteiger partial charge in [-0.1, -0.05) is 43.7 Å². The Morgan fingerprint density at radius 2 is 1.71 bits per heavy atom. The fourth-order valence-corrected chi connectivity index (χ4v) is 4.30. The molecule has 0 saturated carbocycles. The number of Topliss-reactive ketones (excluding diaryl/α,β-unsaturated/α-hetero) is 1. The van der Waals surface area contributed by atoms with Crippen molar-refractivity contribution in [1.29, 1.82) is 0 Å². The summed E-state index contributed by atoms with van der Waals surface area (Å²) in [7, 11) is 1.31. The van der Waals surface area contributed by atoms with Crippen molar-refractivity contribution in [3.8, 4) is 0 Å². The Balaban J connectivity index is 2.14. The Bertz CT molecular complexity index is 1120. The predicted molar refractivity (Wildman–Crippen MR) is 130 cm³/mol. The normalized spacial score (nSPS) is 17.5. The number of aliphatic hydroxyl groups excluding tert-OH is 1. The number of rotatable bonds is 8. The molecule has 1 saturated heterocycles. The number of aliphatic hydroxyl groups is 1. The van der Waals surface area contributed by atoms with Crippen molar-refractivity contribution >= 4 is 23.4 Å². The Morgan fingerprint density at radius 3 is 2.29 bits per heavy atom. The lowest BCUT2D eigenvalue weighted by molar-refractivity contribution is -0.140. The van der Waals surface area contributed by atoms with Gasteiger partial charge in [0.25, 0.3) is 11.7 Å². The van der Waals surface area contributed by atoms with Crippen LogP contribution >= 0.6 is 0 Å². The maximum absolute atomic E-state index is 13.2. The second-order valence-electron chi connectivity index (χ2n) is 8.45. The van der Waals surface area contributed by atoms with E-state index in [0.717, 1.165) is 24.2 Å². The van der Waals surface area contributed by atoms with E-state index in [9.17, 15) is 19.5 Å². The van der Waals surface area contributed by atoms with Crippen LogP contribution in [0.5, 0.6) is 0 Å². The Hall–Kier alpha value is -3.45. The number of methoxy groups -OCH3 is 1. The average Bonchev–Trinajstić information content (AvgIpc) is 3.10. The number of benzene rings is 2. The predicted octanol–water partition coefficient (Wildman–Crippen LogP) is 3.85. The smallest absolute Gasteiger partial charge is 0.337 e. The summed E-state index contributed by atoms with van der Waals surface area (Å²) in [6.07, 6.45) is 0. The fourth-order valence-electron chi connectivity index (χ4n) is 4.30. The van der Waals surface area contributed by atoms with Gasteiger partial charge in [-0.15, -0.1) is 0 Å². The topological polar surface area (TPSA) is 87.2 Å². The van der Waals surface area contributed by atoms with Gasteiger partial charge in [-0.05, 0) is 56.3 Å². The van der Waals surface area contributed by atoms with Crippen LogP contribution in [-0.4, -0.2) is 65.9 Å². The zero-order chi connectivity index (χ0) is 25.0. The van der Waals surface area contributed by atoms with Crippen molar-refractivity contribution in [3.05, 3.63) is 75.9 Å². The lowest BCUT2D eigenvalue weighted by Gasteiger charge is -2.28. The second kappa shape index (κ2) is 10.7. The van der Waals surface area contributed by atoms with Gasteiger partial charge >= 0.3 is 5.97 Å². The molecule has 7 nitrogen and oxygen atoms in total. The lowest BCUT2D eigenvalue weighted by Crippen LogP contribution is -2.38. The summed E-state index contributed by atoms with van der Waals surface area (Å²) in [5.74, 6) is -2.01. The summed E-state index contributed by atoms with van der Waals surface area (Å²) in [6.45, 7) is 10.4. The molecule has 1 aliphatic rings. The monoisotopic (exact) mass is 464 g/mol. The van der Waals surface area contributed by atoms with Gasteiger partial charge in [0, 0.05) is 18.7 Å². The molecule has 1 aliphatic heterocycles. The van der Waals surface area contributed by atoms with Gasteiger partial charge in [0.15, 0.2) is 0 Å². The van der Waals surface area contributed by atoms with Crippen LogP contribution in [0.4, 0.5) is 0 Å². The molecule has 1 N–H and O–H groups in total. The van der Waals surface area contributed by atoms with Crippen molar-refractivity contribution in [2.75, 3.05) is 33.3 Å². The van der Waals surface area contributed by atoms with Crippen LogP contribution in [0.2, 0.25) is 0 Å². The SMILES string of the molecule is CCN(CC)CCN1C(=O)C(=O)C(=C(O)c2cc(C)ccc2C)C1c1ccc(C(=O)OC)cc1. The number of hydrogen-bond acceptors (Lipinski definition) is 6. The number of ether oxygens (including phenoxy) is 1. The molecule has 3 rings (SSSR count). The van der Waals surface area contributed by atoms with Crippen LogP contribution in [0.25, 0.3) is 5.76 Å². The minimum Gasteiger partial charge on any atom is -0.507 e. The number of ketones is 1. The first-order chi connectivity index (χ1) is 16.2. The Morgan fingerprint density at radius 1 is 1.06 bits per heavy atom. The summed E-state index contributed by atoms with van der Waals surface area (Å²) < 4.78 is 4.78. The van der Waals surface area contributed by atoms with E-state index < -0.39 is 23.7 Å². The average molecular weight is 465 g/mol. The molecule has 34 heavy (non-hydrogen) atoms. The van der Waals surface area contributed by atoms with Crippen molar-refractivity contribution in [3.63, 3.8) is 0 Å². The number of hydrogen-bond donors (Lipinski definition) is 1. The van der Waals surface area contributed by atoms with Gasteiger partial charge in [0.1, 0.15) is 5.76 Å². The van der Waals surface area contributed by atoms with Crippen molar-refractivity contribution in [1.82, 2.24) is 9.80 Å². The quantitative estimate of drug-likeness (QED) is 0.276. The molecule has 0 radical (unpaired) electrons. The first-order valence-corrected chi connectivity index (χ1v) is 11.5. The number of amides is 1. The number of likely N-dealkylation sites (tertiary alicyclic amines) is 1. The Kier molecular flexibility index (Phi) is 7.89. The minimum atomic E-state index is -0.762. The standard InChI is InChI=1S/C27H32N2O5/c1-6-28(7-2)14-15-29-23(19-10-12-20(13-11-19)27(33)34-5)22(25(31)26(29)32)24(30)21-16-17(3)8-9-18(21)4/h8-13,16,23,30H,6-7,14-15H2,1-5H3. The maximum Gasteiger partial charge on any atom is 0.337 e. The minimum absolute atomic E-state index is 0.0593. The molecule has 7 heteroatoms. The van der Waals surface area contributed by atoms with E-state index in [2.05, 4.69) is 4.90 Å². The van der Waals surface area contributed by atoms with Crippen LogP contribution in [0, 0.1) is 13.8 Å². The first-order valence-electron chi connectivity index (χ1n) is 11.5. The number of likely N-dealkylation sites (N-methyl/N-ethyl adjacent to an activating group) is 1. The number of esters is 1. The van der Waals surface area contributed by atoms with Gasteiger partial charge in [-0.2, -0.15) is 0 Å². The Labute approximate surface area is 200 Å². The van der Waals surface area contributed by atoms with Crippen LogP contribution in [0.3, 0.4) is 0 Å². The molecule has 1 heterocycles. The third kappa shape index (κ3) is 4.89. The molecule has 1 fully saturated rings. The summed E-state index contributed by atoms with van der Waals surface area (Å²) in [5, 5.41) is 11.3. The molecule has 2 aromatic rings. The highest BCUT2D eigenvalue weighted by molar-refractivity contribution is 6.46. The third-order valence-electron chi connectivity index (χ3n) is 6.39. The summed E-state index contributed by atoms with van der Waals surface area (Å²) in [6, 6.07) is 11.5. The van der Waals surface area contributed by atoms with E-state index in [4.69, 9.17) is 4.74 Å². The molecule has 1 atom stereocenters. The highest BCUT2D eigenvalue weighted by Gasteiger charge is 2.46. The summed E-state index contributed by atoms with van der Waals surface area (Å²) in [4.78, 5) is 41.9. The van der Waals surface area contributed by atoms with Crippen LogP contribution in [-0.2, 0) is 14.3 Å². The highest BCUT2D eigenvalue weighted by atomic mass is 16.5. The van der Waals surface area contributed by atoms with Crippen molar-refractivity contribution in [2.45, 2.75) is 33.7 Å². The molecule has 0 spiro atoms. The molecule has 2 aromatic carbocycles. The zero-order valence-electron chi connectivity index (χ0n) is 20.4. The largest absolute Gasteiger partial charge is 0.507 e. The molecular formula is C27H32N2O5.